The number of piperidine rings is 2. The van der Waals surface area contributed by atoms with Gasteiger partial charge in [0.1, 0.15) is 18.1 Å². The average molecular weight is 580 g/mol. The summed E-state index contributed by atoms with van der Waals surface area (Å²) in [6.45, 7) is 8.20. The number of aromatic hydroxyl groups is 1. The number of aromatic nitrogens is 1. The van der Waals surface area contributed by atoms with Gasteiger partial charge >= 0.3 is 0 Å². The molecule has 38 heavy (non-hydrogen) atoms. The van der Waals surface area contributed by atoms with Crippen molar-refractivity contribution in [3.8, 4) is 5.75 Å². The predicted octanol–water partition coefficient (Wildman–Crippen LogP) is 5.85. The fourth-order valence-corrected chi connectivity index (χ4v) is 6.01. The van der Waals surface area contributed by atoms with E-state index >= 15 is 0 Å². The van der Waals surface area contributed by atoms with Gasteiger partial charge in [-0.15, -0.1) is 0 Å². The van der Waals surface area contributed by atoms with E-state index in [4.69, 9.17) is 4.84 Å². The van der Waals surface area contributed by atoms with Gasteiger partial charge in [-0.1, -0.05) is 45.4 Å². The Kier molecular flexibility index (Phi) is 8.00. The minimum Gasteiger partial charge on any atom is -0.507 e. The third kappa shape index (κ3) is 5.57. The van der Waals surface area contributed by atoms with Gasteiger partial charge in [-0.25, -0.2) is 4.98 Å². The Morgan fingerprint density at radius 1 is 1.11 bits per heavy atom. The summed E-state index contributed by atoms with van der Waals surface area (Å²) < 4.78 is 1.05. The quantitative estimate of drug-likeness (QED) is 0.293. The molecule has 0 unspecified atom stereocenters. The van der Waals surface area contributed by atoms with Crippen molar-refractivity contribution in [2.75, 3.05) is 32.8 Å². The molecule has 1 N–H and O–H groups in total. The van der Waals surface area contributed by atoms with Crippen molar-refractivity contribution in [3.05, 3.63) is 70.3 Å². The molecule has 0 aliphatic carbocycles. The largest absolute Gasteiger partial charge is 0.507 e. The number of oxime groups is 1. The Morgan fingerprint density at radius 2 is 1.79 bits per heavy atom. The summed E-state index contributed by atoms with van der Waals surface area (Å²) in [4.78, 5) is 27.8. The van der Waals surface area contributed by atoms with Crippen molar-refractivity contribution < 1.29 is 14.7 Å². The van der Waals surface area contributed by atoms with Crippen LogP contribution in [0, 0.1) is 5.92 Å². The number of carbonyl (C=O) groups is 1. The second-order valence-electron chi connectivity index (χ2n) is 10.5. The zero-order chi connectivity index (χ0) is 26.7. The van der Waals surface area contributed by atoms with Crippen LogP contribution in [-0.4, -0.2) is 69.8 Å². The molecule has 3 heterocycles. The lowest BCUT2D eigenvalue weighted by molar-refractivity contribution is 0.0159. The zero-order valence-electron chi connectivity index (χ0n) is 22.1. The number of halogens is 1. The minimum atomic E-state index is -0.113. The van der Waals surface area contributed by atoms with E-state index in [9.17, 15) is 9.90 Å². The number of amides is 1. The zero-order valence-corrected chi connectivity index (χ0v) is 23.7. The number of fused-ring (bicyclic) bond motifs is 1. The smallest absolute Gasteiger partial charge is 0.272 e. The second kappa shape index (κ2) is 11.4. The van der Waals surface area contributed by atoms with Crippen LogP contribution in [0.25, 0.3) is 10.9 Å². The molecule has 1 amide bonds. The predicted molar refractivity (Wildman–Crippen MR) is 154 cm³/mol. The topological polar surface area (TPSA) is 78.3 Å². The maximum atomic E-state index is 13.3. The van der Waals surface area contributed by atoms with Crippen molar-refractivity contribution >= 4 is 38.5 Å². The molecule has 2 fully saturated rings. The Balaban J connectivity index is 1.21. The molecule has 0 spiro atoms. The number of carbonyl (C=O) groups excluding carboxylic acids is 1. The Hall–Kier alpha value is -2.97. The minimum absolute atomic E-state index is 0.0511. The molecule has 5 rings (SSSR count). The number of pyridine rings is 1. The van der Waals surface area contributed by atoms with Crippen LogP contribution in [0.4, 0.5) is 0 Å². The first-order valence-electron chi connectivity index (χ1n) is 13.5. The lowest BCUT2D eigenvalue weighted by Gasteiger charge is -2.49. The molecule has 0 bridgehead atoms. The summed E-state index contributed by atoms with van der Waals surface area (Å²) in [5, 5.41) is 15.6. The summed E-state index contributed by atoms with van der Waals surface area (Å²) in [5.41, 5.74) is 3.15. The number of rotatable bonds is 6. The van der Waals surface area contributed by atoms with Gasteiger partial charge < -0.3 is 14.8 Å². The molecule has 1 aromatic heterocycles. The van der Waals surface area contributed by atoms with Crippen LogP contribution in [0.1, 0.15) is 55.6 Å². The average Bonchev–Trinajstić information content (AvgIpc) is 2.94. The Labute approximate surface area is 232 Å². The highest BCUT2D eigenvalue weighted by atomic mass is 79.9. The van der Waals surface area contributed by atoms with Crippen molar-refractivity contribution in [1.29, 1.82) is 0 Å². The van der Waals surface area contributed by atoms with Gasteiger partial charge in [-0.2, -0.15) is 0 Å². The molecule has 3 aromatic rings. The van der Waals surface area contributed by atoms with E-state index in [1.807, 2.05) is 36.1 Å². The number of benzene rings is 2. The summed E-state index contributed by atoms with van der Waals surface area (Å²) >= 11 is 3.52. The molecular weight excluding hydrogens is 544 g/mol. The maximum absolute atomic E-state index is 13.3. The summed E-state index contributed by atoms with van der Waals surface area (Å²) in [5.74, 6) is 0.341. The van der Waals surface area contributed by atoms with Gasteiger partial charge in [0.2, 0.25) is 0 Å². The lowest BCUT2D eigenvalue weighted by Crippen LogP contribution is -2.56. The Morgan fingerprint density at radius 3 is 2.47 bits per heavy atom. The number of nitrogens with zero attached hydrogens (tertiary/aromatic N) is 4. The normalized spacial score (nSPS) is 19.0. The lowest BCUT2D eigenvalue weighted by atomic mass is 9.82. The number of hydrogen-bond donors (Lipinski definition) is 1. The molecule has 200 valence electrons. The van der Waals surface area contributed by atoms with E-state index < -0.39 is 0 Å². The summed E-state index contributed by atoms with van der Waals surface area (Å²) in [6, 6.07) is 17.2. The fraction of sp³-hybridized carbons (Fsp3) is 0.433. The molecule has 0 saturated carbocycles. The molecule has 0 radical (unpaired) electrons. The van der Waals surface area contributed by atoms with Gasteiger partial charge in [0.05, 0.1) is 11.2 Å². The first kappa shape index (κ1) is 26.6. The van der Waals surface area contributed by atoms with E-state index in [2.05, 4.69) is 62.2 Å². The third-order valence-corrected chi connectivity index (χ3v) is 8.65. The van der Waals surface area contributed by atoms with Gasteiger partial charge in [0.25, 0.3) is 5.91 Å². The van der Waals surface area contributed by atoms with Crippen LogP contribution >= 0.6 is 15.9 Å². The molecular formula is C30H35BrN4O3. The van der Waals surface area contributed by atoms with E-state index in [1.54, 1.807) is 0 Å². The van der Waals surface area contributed by atoms with Crippen molar-refractivity contribution in [3.63, 3.8) is 0 Å². The molecule has 2 aromatic carbocycles. The third-order valence-electron chi connectivity index (χ3n) is 8.12. The van der Waals surface area contributed by atoms with Crippen LogP contribution in [-0.2, 0) is 4.84 Å². The number of likely N-dealkylation sites (tertiary alicyclic amines) is 2. The highest BCUT2D eigenvalue weighted by Gasteiger charge is 2.39. The highest BCUT2D eigenvalue weighted by molar-refractivity contribution is 9.10. The fourth-order valence-electron chi connectivity index (χ4n) is 5.75. The van der Waals surface area contributed by atoms with Crippen LogP contribution in [0.3, 0.4) is 0 Å². The standard InChI is InChI=1S/C30H35BrN4O3/c1-3-38-33-28(21-8-10-23(31)11-9-21)22-12-16-35(17-13-22)30(2)14-18-34(19-15-30)29(37)26-20-27(36)24-6-4-5-7-25(24)32-26/h4-11,20,22H,3,12-19H2,1-2H3,(H,32,36)/b33-28+. The first-order chi connectivity index (χ1) is 18.4. The highest BCUT2D eigenvalue weighted by Crippen LogP contribution is 2.34. The molecule has 7 nitrogen and oxygen atoms in total. The summed E-state index contributed by atoms with van der Waals surface area (Å²) in [6.07, 6.45) is 3.88. The van der Waals surface area contributed by atoms with E-state index in [1.165, 1.54) is 6.07 Å². The molecule has 2 aliphatic rings. The van der Waals surface area contributed by atoms with Gasteiger partial charge in [-0.3, -0.25) is 9.69 Å². The van der Waals surface area contributed by atoms with Crippen LogP contribution in [0.2, 0.25) is 0 Å². The number of para-hydroxylation sites is 1. The van der Waals surface area contributed by atoms with E-state index in [-0.39, 0.29) is 17.2 Å². The molecule has 8 heteroatoms. The van der Waals surface area contributed by atoms with Crippen molar-refractivity contribution in [2.24, 2.45) is 11.1 Å². The van der Waals surface area contributed by atoms with Crippen molar-refractivity contribution in [2.45, 2.75) is 45.1 Å². The first-order valence-corrected chi connectivity index (χ1v) is 14.3. The monoisotopic (exact) mass is 578 g/mol. The second-order valence-corrected chi connectivity index (χ2v) is 11.4. The summed E-state index contributed by atoms with van der Waals surface area (Å²) in [7, 11) is 0. The Bertz CT molecular complexity index is 1310. The van der Waals surface area contributed by atoms with Crippen LogP contribution < -0.4 is 0 Å². The SMILES string of the molecule is CCO/N=C(\c1ccc(Br)cc1)C1CCN(C2(C)CCN(C(=O)c3cc(O)c4ccccc4n3)CC2)CC1. The van der Waals surface area contributed by atoms with Crippen molar-refractivity contribution in [1.82, 2.24) is 14.8 Å². The molecule has 2 aliphatic heterocycles. The van der Waals surface area contributed by atoms with E-state index in [0.29, 0.717) is 42.2 Å². The molecule has 2 saturated heterocycles. The van der Waals surface area contributed by atoms with Crippen LogP contribution in [0.5, 0.6) is 5.75 Å². The van der Waals surface area contributed by atoms with Gasteiger partial charge in [0.15, 0.2) is 0 Å². The van der Waals surface area contributed by atoms with Crippen LogP contribution in [0.15, 0.2) is 64.2 Å². The molecule has 0 atom stereocenters. The van der Waals surface area contributed by atoms with Gasteiger partial charge in [-0.05, 0) is 82.4 Å². The van der Waals surface area contributed by atoms with Gasteiger partial charge in [0, 0.05) is 40.5 Å². The number of hydrogen-bond acceptors (Lipinski definition) is 6. The van der Waals surface area contributed by atoms with E-state index in [0.717, 1.165) is 54.5 Å². The maximum Gasteiger partial charge on any atom is 0.272 e.